The van der Waals surface area contributed by atoms with Gasteiger partial charge in [-0.1, -0.05) is 30.3 Å². The second-order valence-corrected chi connectivity index (χ2v) is 4.70. The van der Waals surface area contributed by atoms with Gasteiger partial charge in [-0.25, -0.2) is 0 Å². The number of hydrogen-bond donors (Lipinski definition) is 0. The molecule has 0 spiro atoms. The van der Waals surface area contributed by atoms with Crippen LogP contribution in [0.2, 0.25) is 0 Å². The third-order valence-corrected chi connectivity index (χ3v) is 3.32. The number of nitrogens with zero attached hydrogens (tertiary/aromatic N) is 6. The fourth-order valence-electron chi connectivity index (χ4n) is 2.20. The highest BCUT2D eigenvalue weighted by Crippen LogP contribution is 2.25. The van der Waals surface area contributed by atoms with Crippen LogP contribution < -0.4 is 0 Å². The number of nitro benzene ring substituents is 1. The predicted octanol–water partition coefficient (Wildman–Crippen LogP) is 2.23. The van der Waals surface area contributed by atoms with Crippen molar-refractivity contribution >= 4 is 5.69 Å². The van der Waals surface area contributed by atoms with Gasteiger partial charge < -0.3 is 0 Å². The van der Waals surface area contributed by atoms with Gasteiger partial charge in [0, 0.05) is 12.1 Å². The minimum atomic E-state index is -0.731. The van der Waals surface area contributed by atoms with Gasteiger partial charge in [0.1, 0.15) is 5.92 Å². The third-order valence-electron chi connectivity index (χ3n) is 3.32. The number of rotatable bonds is 4. The summed E-state index contributed by atoms with van der Waals surface area (Å²) in [4.78, 5) is 10.2. The van der Waals surface area contributed by atoms with E-state index in [0.29, 0.717) is 11.4 Å². The highest BCUT2D eigenvalue weighted by molar-refractivity contribution is 5.41. The molecule has 2 aromatic carbocycles. The van der Waals surface area contributed by atoms with E-state index in [-0.39, 0.29) is 5.69 Å². The number of para-hydroxylation sites is 1. The van der Waals surface area contributed by atoms with E-state index in [9.17, 15) is 15.4 Å². The van der Waals surface area contributed by atoms with Crippen molar-refractivity contribution in [2.45, 2.75) is 5.92 Å². The molecule has 3 aromatic rings. The lowest BCUT2D eigenvalue weighted by atomic mass is 9.99. The van der Waals surface area contributed by atoms with Crippen molar-refractivity contribution in [1.82, 2.24) is 20.2 Å². The monoisotopic (exact) mass is 306 g/mol. The van der Waals surface area contributed by atoms with Gasteiger partial charge >= 0.3 is 0 Å². The molecule has 1 atom stereocenters. The third kappa shape index (κ3) is 2.75. The summed E-state index contributed by atoms with van der Waals surface area (Å²) in [6.45, 7) is 0. The predicted molar refractivity (Wildman–Crippen MR) is 79.7 cm³/mol. The second kappa shape index (κ2) is 6.03. The summed E-state index contributed by atoms with van der Waals surface area (Å²) in [6.07, 6.45) is 0. The molecule has 0 radical (unpaired) electrons. The van der Waals surface area contributed by atoms with E-state index in [2.05, 4.69) is 21.6 Å². The molecule has 0 aliphatic rings. The Morgan fingerprint density at radius 3 is 2.43 bits per heavy atom. The number of nitriles is 1. The molecule has 1 heterocycles. The van der Waals surface area contributed by atoms with Crippen molar-refractivity contribution < 1.29 is 4.92 Å². The van der Waals surface area contributed by atoms with Crippen LogP contribution >= 0.6 is 0 Å². The van der Waals surface area contributed by atoms with Crippen LogP contribution in [0.25, 0.3) is 5.69 Å². The Kier molecular flexibility index (Phi) is 3.76. The van der Waals surface area contributed by atoms with Crippen LogP contribution in [0.3, 0.4) is 0 Å². The molecule has 112 valence electrons. The van der Waals surface area contributed by atoms with Crippen molar-refractivity contribution in [3.63, 3.8) is 0 Å². The second-order valence-electron chi connectivity index (χ2n) is 4.70. The maximum atomic E-state index is 10.7. The minimum absolute atomic E-state index is 0.0342. The Hall–Kier alpha value is -3.60. The standard InChI is InChI=1S/C15H10N6O2/c16-10-14(11-6-8-13(9-7-11)21(22)23)15-17-18-19-20(15)12-4-2-1-3-5-12/h1-9,14H/t14-/m1/s1. The summed E-state index contributed by atoms with van der Waals surface area (Å²) < 4.78 is 1.48. The number of tetrazole rings is 1. The van der Waals surface area contributed by atoms with Gasteiger partial charge in [-0.15, -0.1) is 5.10 Å². The average molecular weight is 306 g/mol. The van der Waals surface area contributed by atoms with Gasteiger partial charge in [0.05, 0.1) is 16.7 Å². The van der Waals surface area contributed by atoms with E-state index in [4.69, 9.17) is 0 Å². The molecule has 0 aliphatic heterocycles. The number of hydrogen-bond acceptors (Lipinski definition) is 6. The Balaban J connectivity index is 2.01. The number of non-ortho nitro benzene ring substituents is 1. The van der Waals surface area contributed by atoms with Crippen LogP contribution in [0.4, 0.5) is 5.69 Å². The first kappa shape index (κ1) is 14.3. The lowest BCUT2D eigenvalue weighted by Crippen LogP contribution is -2.09. The minimum Gasteiger partial charge on any atom is -0.258 e. The summed E-state index contributed by atoms with van der Waals surface area (Å²) in [5, 5.41) is 31.7. The molecule has 0 amide bonds. The Morgan fingerprint density at radius 1 is 1.13 bits per heavy atom. The number of benzene rings is 2. The molecule has 0 N–H and O–H groups in total. The SMILES string of the molecule is N#C[C@H](c1ccc([N+](=O)[O-])cc1)c1nnnn1-c1ccccc1. The molecule has 0 aliphatic carbocycles. The van der Waals surface area contributed by atoms with Crippen LogP contribution in [0.15, 0.2) is 54.6 Å². The molecule has 1 aromatic heterocycles. The zero-order valence-corrected chi connectivity index (χ0v) is 11.8. The summed E-state index contributed by atoms with van der Waals surface area (Å²) in [5.74, 6) is -0.376. The van der Waals surface area contributed by atoms with Crippen molar-refractivity contribution in [3.05, 3.63) is 76.1 Å². The molecule has 0 unspecified atom stereocenters. The Labute approximate surface area is 130 Å². The Morgan fingerprint density at radius 2 is 1.83 bits per heavy atom. The zero-order valence-electron chi connectivity index (χ0n) is 11.8. The largest absolute Gasteiger partial charge is 0.269 e. The highest BCUT2D eigenvalue weighted by Gasteiger charge is 2.22. The maximum Gasteiger partial charge on any atom is 0.269 e. The number of nitro groups is 1. The van der Waals surface area contributed by atoms with E-state index in [1.807, 2.05) is 30.3 Å². The van der Waals surface area contributed by atoms with Gasteiger partial charge in [-0.05, 0) is 28.1 Å². The molecule has 8 heteroatoms. The van der Waals surface area contributed by atoms with Crippen LogP contribution in [0.5, 0.6) is 0 Å². The lowest BCUT2D eigenvalue weighted by molar-refractivity contribution is -0.384. The number of aromatic nitrogens is 4. The average Bonchev–Trinajstić information content (AvgIpc) is 3.06. The molecule has 8 nitrogen and oxygen atoms in total. The van der Waals surface area contributed by atoms with Crippen LogP contribution in [0.1, 0.15) is 17.3 Å². The molecule has 3 rings (SSSR count). The van der Waals surface area contributed by atoms with Crippen LogP contribution in [0, 0.1) is 21.4 Å². The van der Waals surface area contributed by atoms with Crippen molar-refractivity contribution in [2.75, 3.05) is 0 Å². The summed E-state index contributed by atoms with van der Waals surface area (Å²) in [7, 11) is 0. The van der Waals surface area contributed by atoms with Gasteiger partial charge in [-0.2, -0.15) is 9.94 Å². The van der Waals surface area contributed by atoms with Crippen molar-refractivity contribution in [3.8, 4) is 11.8 Å². The van der Waals surface area contributed by atoms with Crippen molar-refractivity contribution in [2.24, 2.45) is 0 Å². The molecule has 0 bridgehead atoms. The van der Waals surface area contributed by atoms with Gasteiger partial charge in [0.15, 0.2) is 5.82 Å². The molecule has 0 saturated heterocycles. The Bertz CT molecular complexity index is 867. The highest BCUT2D eigenvalue weighted by atomic mass is 16.6. The first-order valence-electron chi connectivity index (χ1n) is 6.68. The van der Waals surface area contributed by atoms with E-state index < -0.39 is 10.8 Å². The first-order valence-corrected chi connectivity index (χ1v) is 6.68. The van der Waals surface area contributed by atoms with E-state index in [1.54, 1.807) is 0 Å². The normalized spacial score (nSPS) is 11.6. The summed E-state index contributed by atoms with van der Waals surface area (Å²) in [6, 6.07) is 17.1. The smallest absolute Gasteiger partial charge is 0.258 e. The lowest BCUT2D eigenvalue weighted by Gasteiger charge is -2.09. The molecule has 23 heavy (non-hydrogen) atoms. The topological polar surface area (TPSA) is 111 Å². The zero-order chi connectivity index (χ0) is 16.2. The molecular weight excluding hydrogens is 296 g/mol. The first-order chi connectivity index (χ1) is 11.2. The summed E-state index contributed by atoms with van der Waals surface area (Å²) >= 11 is 0. The molecular formula is C15H10N6O2. The van der Waals surface area contributed by atoms with Crippen LogP contribution in [-0.2, 0) is 0 Å². The van der Waals surface area contributed by atoms with Gasteiger partial charge in [0.2, 0.25) is 0 Å². The van der Waals surface area contributed by atoms with E-state index in [0.717, 1.165) is 5.69 Å². The van der Waals surface area contributed by atoms with Gasteiger partial charge in [-0.3, -0.25) is 10.1 Å². The van der Waals surface area contributed by atoms with E-state index in [1.165, 1.54) is 28.9 Å². The molecule has 0 fully saturated rings. The summed E-state index contributed by atoms with van der Waals surface area (Å²) in [5.41, 5.74) is 1.29. The fourth-order valence-corrected chi connectivity index (χ4v) is 2.20. The van der Waals surface area contributed by atoms with E-state index >= 15 is 0 Å². The fraction of sp³-hybridized carbons (Fsp3) is 0.0667. The van der Waals surface area contributed by atoms with Gasteiger partial charge in [0.25, 0.3) is 5.69 Å². The quantitative estimate of drug-likeness (QED) is 0.540. The molecule has 0 saturated carbocycles. The maximum absolute atomic E-state index is 10.7. The van der Waals surface area contributed by atoms with Crippen molar-refractivity contribution in [1.29, 1.82) is 5.26 Å². The van der Waals surface area contributed by atoms with Crippen LogP contribution in [-0.4, -0.2) is 25.1 Å².